The molecule has 0 aliphatic carbocycles. The average molecular weight is 324 g/mol. The van der Waals surface area contributed by atoms with Crippen LogP contribution in [0.2, 0.25) is 0 Å². The van der Waals surface area contributed by atoms with Crippen LogP contribution >= 0.6 is 0 Å². The van der Waals surface area contributed by atoms with Crippen molar-refractivity contribution >= 4 is 11.6 Å². The van der Waals surface area contributed by atoms with E-state index in [4.69, 9.17) is 0 Å². The Labute approximate surface area is 143 Å². The maximum Gasteiger partial charge on any atom is 0.168 e. The first-order valence-corrected chi connectivity index (χ1v) is 8.02. The maximum absolute atomic E-state index is 12.5. The van der Waals surface area contributed by atoms with E-state index in [1.807, 2.05) is 41.5 Å². The molecule has 0 radical (unpaired) electrons. The van der Waals surface area contributed by atoms with Crippen LogP contribution in [0.5, 0.6) is 0 Å². The van der Waals surface area contributed by atoms with Gasteiger partial charge in [-0.25, -0.2) is 0 Å². The van der Waals surface area contributed by atoms with E-state index in [1.54, 1.807) is 36.7 Å². The number of rotatable bonds is 3. The molecule has 2 aromatic heterocycles. The number of hydrogen-bond acceptors (Lipinski definition) is 4. The summed E-state index contributed by atoms with van der Waals surface area (Å²) in [6.45, 7) is 11.3. The minimum absolute atomic E-state index is 0.0491. The number of ketones is 2. The molecule has 24 heavy (non-hydrogen) atoms. The highest BCUT2D eigenvalue weighted by molar-refractivity contribution is 6.01. The SMILES string of the molecule is CC(C)(C)C(=O)c1ccnc(-c2cc(C(=O)C(C)(C)C)ccn2)c1. The molecule has 2 heterocycles. The van der Waals surface area contributed by atoms with Crippen molar-refractivity contribution in [1.82, 2.24) is 9.97 Å². The second kappa shape index (κ2) is 6.27. The van der Waals surface area contributed by atoms with E-state index in [1.165, 1.54) is 0 Å². The Bertz CT molecular complexity index is 713. The number of carbonyl (C=O) groups is 2. The number of nitrogens with zero attached hydrogens (tertiary/aromatic N) is 2. The van der Waals surface area contributed by atoms with E-state index in [2.05, 4.69) is 9.97 Å². The van der Waals surface area contributed by atoms with Gasteiger partial charge in [-0.2, -0.15) is 0 Å². The zero-order chi connectivity index (χ0) is 18.1. The predicted octanol–water partition coefficient (Wildman–Crippen LogP) is 4.60. The molecule has 0 saturated heterocycles. The molecule has 126 valence electrons. The fourth-order valence-corrected chi connectivity index (χ4v) is 2.29. The standard InChI is InChI=1S/C20H24N2O2/c1-19(2,3)17(23)13-7-9-21-15(11-13)16-12-14(8-10-22-16)18(24)20(4,5)6/h7-12H,1-6H3. The summed E-state index contributed by atoms with van der Waals surface area (Å²) in [4.78, 5) is 33.5. The average Bonchev–Trinajstić information content (AvgIpc) is 2.52. The molecule has 0 aliphatic heterocycles. The Morgan fingerprint density at radius 3 is 1.33 bits per heavy atom. The van der Waals surface area contributed by atoms with Gasteiger partial charge in [-0.15, -0.1) is 0 Å². The lowest BCUT2D eigenvalue weighted by Gasteiger charge is -2.17. The molecule has 0 bridgehead atoms. The number of aromatic nitrogens is 2. The van der Waals surface area contributed by atoms with Gasteiger partial charge in [0.25, 0.3) is 0 Å². The van der Waals surface area contributed by atoms with Gasteiger partial charge < -0.3 is 0 Å². The minimum atomic E-state index is -0.462. The summed E-state index contributed by atoms with van der Waals surface area (Å²) in [6, 6.07) is 6.89. The van der Waals surface area contributed by atoms with Crippen LogP contribution < -0.4 is 0 Å². The number of hydrogen-bond donors (Lipinski definition) is 0. The van der Waals surface area contributed by atoms with Crippen LogP contribution in [0.25, 0.3) is 11.4 Å². The Hall–Kier alpha value is -2.36. The van der Waals surface area contributed by atoms with Crippen LogP contribution in [0.3, 0.4) is 0 Å². The smallest absolute Gasteiger partial charge is 0.168 e. The zero-order valence-electron chi connectivity index (χ0n) is 15.2. The molecule has 0 fully saturated rings. The van der Waals surface area contributed by atoms with E-state index < -0.39 is 10.8 Å². The Balaban J connectivity index is 2.44. The molecule has 4 heteroatoms. The molecule has 0 aliphatic rings. The molecule has 4 nitrogen and oxygen atoms in total. The highest BCUT2D eigenvalue weighted by Crippen LogP contribution is 2.25. The van der Waals surface area contributed by atoms with Crippen molar-refractivity contribution in [1.29, 1.82) is 0 Å². The normalized spacial score (nSPS) is 12.1. The zero-order valence-corrected chi connectivity index (χ0v) is 15.2. The van der Waals surface area contributed by atoms with Gasteiger partial charge in [-0.3, -0.25) is 19.6 Å². The molecule has 2 aromatic rings. The highest BCUT2D eigenvalue weighted by atomic mass is 16.1. The third kappa shape index (κ3) is 3.94. The van der Waals surface area contributed by atoms with Crippen LogP contribution in [-0.4, -0.2) is 21.5 Å². The molecule has 0 N–H and O–H groups in total. The minimum Gasteiger partial charge on any atom is -0.294 e. The van der Waals surface area contributed by atoms with Gasteiger partial charge in [-0.1, -0.05) is 41.5 Å². The van der Waals surface area contributed by atoms with Crippen molar-refractivity contribution in [3.63, 3.8) is 0 Å². The monoisotopic (exact) mass is 324 g/mol. The van der Waals surface area contributed by atoms with Crippen molar-refractivity contribution < 1.29 is 9.59 Å². The van der Waals surface area contributed by atoms with Crippen molar-refractivity contribution in [2.75, 3.05) is 0 Å². The second-order valence-corrected chi connectivity index (χ2v) is 8.02. The summed E-state index contributed by atoms with van der Waals surface area (Å²) in [6.07, 6.45) is 3.21. The van der Waals surface area contributed by atoms with E-state index in [-0.39, 0.29) is 11.6 Å². The lowest BCUT2D eigenvalue weighted by atomic mass is 9.86. The highest BCUT2D eigenvalue weighted by Gasteiger charge is 2.25. The van der Waals surface area contributed by atoms with E-state index >= 15 is 0 Å². The van der Waals surface area contributed by atoms with Crippen LogP contribution in [-0.2, 0) is 0 Å². The van der Waals surface area contributed by atoms with Crippen LogP contribution in [0, 0.1) is 10.8 Å². The molecule has 0 atom stereocenters. The lowest BCUT2D eigenvalue weighted by Crippen LogP contribution is -2.20. The van der Waals surface area contributed by atoms with E-state index in [0.29, 0.717) is 22.5 Å². The van der Waals surface area contributed by atoms with Gasteiger partial charge in [0.2, 0.25) is 0 Å². The summed E-state index contributed by atoms with van der Waals surface area (Å²) >= 11 is 0. The topological polar surface area (TPSA) is 59.9 Å². The molecular formula is C20H24N2O2. The number of pyridine rings is 2. The van der Waals surface area contributed by atoms with Crippen LogP contribution in [0.15, 0.2) is 36.7 Å². The van der Waals surface area contributed by atoms with Crippen LogP contribution in [0.1, 0.15) is 62.3 Å². The predicted molar refractivity (Wildman–Crippen MR) is 95.0 cm³/mol. The van der Waals surface area contributed by atoms with E-state index in [9.17, 15) is 9.59 Å². The Kier molecular flexibility index (Phi) is 4.70. The maximum atomic E-state index is 12.5. The molecular weight excluding hydrogens is 300 g/mol. The molecule has 2 rings (SSSR count). The third-order valence-electron chi connectivity index (χ3n) is 3.67. The Morgan fingerprint density at radius 1 is 0.708 bits per heavy atom. The Morgan fingerprint density at radius 2 is 1.04 bits per heavy atom. The molecule has 0 spiro atoms. The largest absolute Gasteiger partial charge is 0.294 e. The fourth-order valence-electron chi connectivity index (χ4n) is 2.29. The number of carbonyl (C=O) groups excluding carboxylic acids is 2. The quantitative estimate of drug-likeness (QED) is 0.774. The van der Waals surface area contributed by atoms with Crippen molar-refractivity contribution in [3.05, 3.63) is 47.8 Å². The first kappa shape index (κ1) is 18.0. The lowest BCUT2D eigenvalue weighted by molar-refractivity contribution is 0.0852. The molecule has 0 unspecified atom stereocenters. The van der Waals surface area contributed by atoms with Gasteiger partial charge in [0, 0.05) is 34.4 Å². The van der Waals surface area contributed by atoms with Crippen molar-refractivity contribution in [2.24, 2.45) is 10.8 Å². The summed E-state index contributed by atoms with van der Waals surface area (Å²) in [5.74, 6) is 0.0983. The van der Waals surface area contributed by atoms with E-state index in [0.717, 1.165) is 0 Å². The first-order chi connectivity index (χ1) is 11.0. The van der Waals surface area contributed by atoms with Crippen molar-refractivity contribution in [3.8, 4) is 11.4 Å². The molecule has 0 aromatic carbocycles. The van der Waals surface area contributed by atoms with Crippen molar-refractivity contribution in [2.45, 2.75) is 41.5 Å². The first-order valence-electron chi connectivity index (χ1n) is 8.02. The fraction of sp³-hybridized carbons (Fsp3) is 0.400. The summed E-state index contributed by atoms with van der Waals surface area (Å²) < 4.78 is 0. The summed E-state index contributed by atoms with van der Waals surface area (Å²) in [5, 5.41) is 0. The van der Waals surface area contributed by atoms with Gasteiger partial charge in [0.05, 0.1) is 11.4 Å². The number of Topliss-reactive ketones (excluding diaryl/α,β-unsaturated/α-hetero) is 2. The van der Waals surface area contributed by atoms with Gasteiger partial charge in [0.15, 0.2) is 11.6 Å². The van der Waals surface area contributed by atoms with Gasteiger partial charge in [-0.05, 0) is 24.3 Å². The molecule has 0 saturated carbocycles. The second-order valence-electron chi connectivity index (χ2n) is 8.02. The third-order valence-corrected chi connectivity index (χ3v) is 3.67. The van der Waals surface area contributed by atoms with Gasteiger partial charge >= 0.3 is 0 Å². The van der Waals surface area contributed by atoms with Crippen LogP contribution in [0.4, 0.5) is 0 Å². The van der Waals surface area contributed by atoms with Gasteiger partial charge in [0.1, 0.15) is 0 Å². The summed E-state index contributed by atoms with van der Waals surface area (Å²) in [7, 11) is 0. The molecule has 0 amide bonds. The summed E-state index contributed by atoms with van der Waals surface area (Å²) in [5.41, 5.74) is 1.46.